The number of methoxy groups -OCH3 is 1. The zero-order valence-electron chi connectivity index (χ0n) is 18.9. The highest BCUT2D eigenvalue weighted by atomic mass is 79.9. The molecule has 0 spiro atoms. The predicted molar refractivity (Wildman–Crippen MR) is 133 cm³/mol. The van der Waals surface area contributed by atoms with E-state index in [9.17, 15) is 9.59 Å². The average molecular weight is 520 g/mol. The van der Waals surface area contributed by atoms with Crippen molar-refractivity contribution in [2.45, 2.75) is 19.8 Å². The Labute approximate surface area is 206 Å². The van der Waals surface area contributed by atoms with Crippen molar-refractivity contribution < 1.29 is 23.8 Å². The molecule has 0 saturated heterocycles. The molecule has 0 aliphatic carbocycles. The summed E-state index contributed by atoms with van der Waals surface area (Å²) in [6, 6.07) is 19.8. The fourth-order valence-electron chi connectivity index (χ4n) is 3.35. The van der Waals surface area contributed by atoms with Gasteiger partial charge < -0.3 is 14.2 Å². The molecule has 0 atom stereocenters. The molecular formula is C27H22BrNO5. The van der Waals surface area contributed by atoms with Crippen LogP contribution in [0.4, 0.5) is 0 Å². The van der Waals surface area contributed by atoms with E-state index in [-0.39, 0.29) is 17.3 Å². The van der Waals surface area contributed by atoms with Crippen LogP contribution in [0.2, 0.25) is 0 Å². The summed E-state index contributed by atoms with van der Waals surface area (Å²) in [5.41, 5.74) is 3.11. The second kappa shape index (κ2) is 10.1. The van der Waals surface area contributed by atoms with Crippen LogP contribution < -0.4 is 9.47 Å². The van der Waals surface area contributed by atoms with Gasteiger partial charge in [0.15, 0.2) is 17.2 Å². The third kappa shape index (κ3) is 5.10. The van der Waals surface area contributed by atoms with Crippen molar-refractivity contribution >= 4 is 39.8 Å². The molecular weight excluding hydrogens is 498 g/mol. The van der Waals surface area contributed by atoms with Gasteiger partial charge in [0.05, 0.1) is 17.1 Å². The van der Waals surface area contributed by atoms with Crippen molar-refractivity contribution in [1.82, 2.24) is 0 Å². The number of halogens is 1. The van der Waals surface area contributed by atoms with E-state index in [0.717, 1.165) is 5.56 Å². The van der Waals surface area contributed by atoms with Gasteiger partial charge in [0.1, 0.15) is 0 Å². The largest absolute Gasteiger partial charge is 0.493 e. The maximum atomic E-state index is 12.5. The molecule has 3 aromatic rings. The highest BCUT2D eigenvalue weighted by Gasteiger charge is 2.25. The zero-order valence-corrected chi connectivity index (χ0v) is 20.5. The molecule has 0 saturated carbocycles. The molecule has 4 rings (SSSR count). The smallest absolute Gasteiger partial charge is 0.363 e. The van der Waals surface area contributed by atoms with E-state index in [2.05, 4.69) is 34.8 Å². The Morgan fingerprint density at radius 3 is 2.41 bits per heavy atom. The van der Waals surface area contributed by atoms with Crippen molar-refractivity contribution in [3.05, 3.63) is 99.2 Å². The van der Waals surface area contributed by atoms with Gasteiger partial charge in [-0.25, -0.2) is 14.6 Å². The molecule has 0 unspecified atom stereocenters. The van der Waals surface area contributed by atoms with E-state index < -0.39 is 11.9 Å². The number of nitrogens with zero attached hydrogens (tertiary/aromatic N) is 1. The standard InChI is InChI=1S/C27H22BrNO5/c1-16(2)18-9-11-19(12-10-18)25-29-22(27(31)34-25)14-17-13-21(28)24(23(15-17)32-3)33-26(30)20-7-5-4-6-8-20/h4-16H,1-3H3/b22-14-. The Hall–Kier alpha value is -3.71. The lowest BCUT2D eigenvalue weighted by atomic mass is 10.0. The number of carbonyl (C=O) groups is 2. The Balaban J connectivity index is 1.60. The van der Waals surface area contributed by atoms with Gasteiger partial charge in [-0.05, 0) is 75.4 Å². The molecule has 0 amide bonds. The molecule has 7 heteroatoms. The number of carbonyl (C=O) groups excluding carboxylic acids is 2. The monoisotopic (exact) mass is 519 g/mol. The number of esters is 2. The van der Waals surface area contributed by atoms with Crippen LogP contribution in [0.15, 0.2) is 81.9 Å². The topological polar surface area (TPSA) is 74.2 Å². The van der Waals surface area contributed by atoms with Crippen LogP contribution in [0, 0.1) is 0 Å². The predicted octanol–water partition coefficient (Wildman–Crippen LogP) is 6.14. The number of cyclic esters (lactones) is 1. The molecule has 34 heavy (non-hydrogen) atoms. The van der Waals surface area contributed by atoms with Gasteiger partial charge >= 0.3 is 11.9 Å². The number of benzene rings is 3. The first-order valence-corrected chi connectivity index (χ1v) is 11.4. The number of rotatable bonds is 6. The minimum atomic E-state index is -0.544. The van der Waals surface area contributed by atoms with Crippen molar-refractivity contribution in [2.75, 3.05) is 7.11 Å². The molecule has 0 bridgehead atoms. The third-order valence-electron chi connectivity index (χ3n) is 5.20. The third-order valence-corrected chi connectivity index (χ3v) is 5.79. The zero-order chi connectivity index (χ0) is 24.2. The highest BCUT2D eigenvalue weighted by Crippen LogP contribution is 2.38. The number of ether oxygens (including phenoxy) is 3. The second-order valence-electron chi connectivity index (χ2n) is 7.90. The number of aliphatic imine (C=N–C) groups is 1. The van der Waals surface area contributed by atoms with Gasteiger partial charge in [0, 0.05) is 5.56 Å². The van der Waals surface area contributed by atoms with Gasteiger partial charge in [-0.3, -0.25) is 0 Å². The lowest BCUT2D eigenvalue weighted by Crippen LogP contribution is -2.09. The van der Waals surface area contributed by atoms with Gasteiger partial charge in [-0.1, -0.05) is 44.2 Å². The van der Waals surface area contributed by atoms with Crippen LogP contribution in [-0.2, 0) is 9.53 Å². The van der Waals surface area contributed by atoms with E-state index in [0.29, 0.717) is 27.3 Å². The maximum Gasteiger partial charge on any atom is 0.363 e. The molecule has 0 fully saturated rings. The van der Waals surface area contributed by atoms with Crippen LogP contribution >= 0.6 is 15.9 Å². The first-order valence-electron chi connectivity index (χ1n) is 10.6. The minimum Gasteiger partial charge on any atom is -0.493 e. The molecule has 3 aromatic carbocycles. The summed E-state index contributed by atoms with van der Waals surface area (Å²) in [4.78, 5) is 29.3. The van der Waals surface area contributed by atoms with Crippen molar-refractivity contribution in [3.8, 4) is 11.5 Å². The summed E-state index contributed by atoms with van der Waals surface area (Å²) in [5.74, 6) is 0.166. The summed E-state index contributed by atoms with van der Waals surface area (Å²) >= 11 is 3.43. The molecule has 172 valence electrons. The van der Waals surface area contributed by atoms with Crippen LogP contribution in [0.5, 0.6) is 11.5 Å². The first-order chi connectivity index (χ1) is 16.4. The van der Waals surface area contributed by atoms with Crippen molar-refractivity contribution in [3.63, 3.8) is 0 Å². The molecule has 0 N–H and O–H groups in total. The van der Waals surface area contributed by atoms with Gasteiger partial charge in [0.2, 0.25) is 5.90 Å². The van der Waals surface area contributed by atoms with Crippen molar-refractivity contribution in [1.29, 1.82) is 0 Å². The normalized spacial score (nSPS) is 14.2. The van der Waals surface area contributed by atoms with E-state index in [1.807, 2.05) is 30.3 Å². The lowest BCUT2D eigenvalue weighted by Gasteiger charge is -2.12. The van der Waals surface area contributed by atoms with Crippen LogP contribution in [-0.4, -0.2) is 24.9 Å². The Kier molecular flexibility index (Phi) is 6.93. The fourth-order valence-corrected chi connectivity index (χ4v) is 3.89. The summed E-state index contributed by atoms with van der Waals surface area (Å²) < 4.78 is 16.8. The SMILES string of the molecule is COc1cc(/C=C2\N=C(c3ccc(C(C)C)cc3)OC2=O)cc(Br)c1OC(=O)c1ccccc1. The quantitative estimate of drug-likeness (QED) is 0.222. The molecule has 6 nitrogen and oxygen atoms in total. The second-order valence-corrected chi connectivity index (χ2v) is 8.76. The first kappa shape index (κ1) is 23.4. The number of hydrogen-bond donors (Lipinski definition) is 0. The fraction of sp³-hybridized carbons (Fsp3) is 0.148. The Morgan fingerprint density at radius 1 is 1.06 bits per heavy atom. The van der Waals surface area contributed by atoms with Crippen LogP contribution in [0.3, 0.4) is 0 Å². The van der Waals surface area contributed by atoms with E-state index in [4.69, 9.17) is 14.2 Å². The maximum absolute atomic E-state index is 12.5. The summed E-state index contributed by atoms with van der Waals surface area (Å²) in [6.07, 6.45) is 1.59. The molecule has 1 aliphatic rings. The van der Waals surface area contributed by atoms with Crippen LogP contribution in [0.1, 0.15) is 46.8 Å². The Morgan fingerprint density at radius 2 is 1.76 bits per heavy atom. The Bertz CT molecular complexity index is 1290. The van der Waals surface area contributed by atoms with Gasteiger partial charge in [0.25, 0.3) is 0 Å². The van der Waals surface area contributed by atoms with Gasteiger partial charge in [-0.15, -0.1) is 0 Å². The van der Waals surface area contributed by atoms with Gasteiger partial charge in [-0.2, -0.15) is 0 Å². The van der Waals surface area contributed by atoms with Crippen molar-refractivity contribution in [2.24, 2.45) is 4.99 Å². The molecule has 1 heterocycles. The molecule has 1 aliphatic heterocycles. The van der Waals surface area contributed by atoms with E-state index >= 15 is 0 Å². The summed E-state index contributed by atoms with van der Waals surface area (Å²) in [5, 5.41) is 0. The van der Waals surface area contributed by atoms with E-state index in [1.54, 1.807) is 42.5 Å². The summed E-state index contributed by atoms with van der Waals surface area (Å²) in [7, 11) is 1.47. The highest BCUT2D eigenvalue weighted by molar-refractivity contribution is 9.10. The molecule has 0 aromatic heterocycles. The van der Waals surface area contributed by atoms with Crippen LogP contribution in [0.25, 0.3) is 6.08 Å². The van der Waals surface area contributed by atoms with E-state index in [1.165, 1.54) is 12.7 Å². The molecule has 0 radical (unpaired) electrons. The summed E-state index contributed by atoms with van der Waals surface area (Å²) in [6.45, 7) is 4.23. The average Bonchev–Trinajstić information content (AvgIpc) is 3.21. The minimum absolute atomic E-state index is 0.158. The lowest BCUT2D eigenvalue weighted by molar-refractivity contribution is -0.129. The number of hydrogen-bond acceptors (Lipinski definition) is 6.